The van der Waals surface area contributed by atoms with Gasteiger partial charge >= 0.3 is 0 Å². The van der Waals surface area contributed by atoms with Gasteiger partial charge in [0.25, 0.3) is 0 Å². The van der Waals surface area contributed by atoms with Gasteiger partial charge in [0.1, 0.15) is 0 Å². The molecule has 1 saturated heterocycles. The lowest BCUT2D eigenvalue weighted by Gasteiger charge is -2.28. The van der Waals surface area contributed by atoms with Crippen molar-refractivity contribution in [2.75, 3.05) is 19.8 Å². The van der Waals surface area contributed by atoms with Crippen molar-refractivity contribution in [1.82, 2.24) is 25.5 Å². The smallest absolute Gasteiger partial charge is 0.168 e. The highest BCUT2D eigenvalue weighted by Gasteiger charge is 2.26. The molecule has 1 aliphatic heterocycles. The molecule has 19 heavy (non-hydrogen) atoms. The number of tetrazole rings is 1. The Bertz CT molecular complexity index is 375. The maximum atomic E-state index is 5.42. The quantitative estimate of drug-likeness (QED) is 0.850. The molecule has 6 heteroatoms. The molecule has 1 N–H and O–H groups in total. The van der Waals surface area contributed by atoms with E-state index >= 15 is 0 Å². The summed E-state index contributed by atoms with van der Waals surface area (Å²) >= 11 is 0. The van der Waals surface area contributed by atoms with E-state index in [1.807, 2.05) is 4.68 Å². The minimum atomic E-state index is 0.192. The maximum Gasteiger partial charge on any atom is 0.168 e. The molecule has 0 saturated carbocycles. The van der Waals surface area contributed by atoms with Gasteiger partial charge in [-0.3, -0.25) is 0 Å². The van der Waals surface area contributed by atoms with Crippen molar-refractivity contribution >= 4 is 0 Å². The van der Waals surface area contributed by atoms with Gasteiger partial charge in [0.05, 0.1) is 12.1 Å². The summed E-state index contributed by atoms with van der Waals surface area (Å²) in [6.07, 6.45) is 3.30. The summed E-state index contributed by atoms with van der Waals surface area (Å²) in [4.78, 5) is 0. The standard InChI is InChI=1S/C13H25N5O/c1-4-7-14-10(2)13-15-16-17-18(13)11(3)12-5-8-19-9-6-12/h10-12,14H,4-9H2,1-3H3. The SMILES string of the molecule is CCCNC(C)c1nnnn1C(C)C1CCOCC1. The van der Waals surface area contributed by atoms with Crippen molar-refractivity contribution in [2.24, 2.45) is 5.92 Å². The van der Waals surface area contributed by atoms with Crippen LogP contribution in [-0.4, -0.2) is 40.0 Å². The lowest BCUT2D eigenvalue weighted by Crippen LogP contribution is -2.29. The van der Waals surface area contributed by atoms with Crippen molar-refractivity contribution in [1.29, 1.82) is 0 Å². The molecule has 108 valence electrons. The molecular formula is C13H25N5O. The molecule has 0 spiro atoms. The second-order valence-electron chi connectivity index (χ2n) is 5.35. The predicted molar refractivity (Wildman–Crippen MR) is 72.8 cm³/mol. The van der Waals surface area contributed by atoms with Crippen LogP contribution in [0.4, 0.5) is 0 Å². The lowest BCUT2D eigenvalue weighted by atomic mass is 9.93. The highest BCUT2D eigenvalue weighted by atomic mass is 16.5. The molecule has 1 aromatic heterocycles. The molecule has 2 unspecified atom stereocenters. The molecule has 2 atom stereocenters. The summed E-state index contributed by atoms with van der Waals surface area (Å²) in [6, 6.07) is 0.525. The zero-order valence-corrected chi connectivity index (χ0v) is 12.2. The Balaban J connectivity index is 2.04. The fourth-order valence-electron chi connectivity index (χ4n) is 2.63. The van der Waals surface area contributed by atoms with E-state index in [-0.39, 0.29) is 6.04 Å². The minimum Gasteiger partial charge on any atom is -0.381 e. The summed E-state index contributed by atoms with van der Waals surface area (Å²) < 4.78 is 7.41. The number of nitrogens with one attached hydrogen (secondary N) is 1. The third-order valence-electron chi connectivity index (χ3n) is 3.94. The maximum absolute atomic E-state index is 5.42. The number of aromatic nitrogens is 4. The third-order valence-corrected chi connectivity index (χ3v) is 3.94. The first-order valence-corrected chi connectivity index (χ1v) is 7.33. The van der Waals surface area contributed by atoms with Crippen LogP contribution in [0, 0.1) is 5.92 Å². The van der Waals surface area contributed by atoms with Gasteiger partial charge in [-0.15, -0.1) is 5.10 Å². The summed E-state index contributed by atoms with van der Waals surface area (Å²) in [5.74, 6) is 1.54. The second kappa shape index (κ2) is 6.96. The summed E-state index contributed by atoms with van der Waals surface area (Å²) in [5, 5.41) is 15.7. The summed E-state index contributed by atoms with van der Waals surface area (Å²) in [5.41, 5.74) is 0. The van der Waals surface area contributed by atoms with E-state index in [2.05, 4.69) is 41.6 Å². The number of nitrogens with zero attached hydrogens (tertiary/aromatic N) is 4. The summed E-state index contributed by atoms with van der Waals surface area (Å²) in [6.45, 7) is 9.19. The lowest BCUT2D eigenvalue weighted by molar-refractivity contribution is 0.0485. The molecule has 1 aromatic rings. The van der Waals surface area contributed by atoms with Gasteiger partial charge in [0.15, 0.2) is 5.82 Å². The minimum absolute atomic E-state index is 0.192. The molecule has 6 nitrogen and oxygen atoms in total. The number of rotatable bonds is 6. The van der Waals surface area contributed by atoms with Crippen LogP contribution in [0.15, 0.2) is 0 Å². The molecule has 0 bridgehead atoms. The fourth-order valence-corrected chi connectivity index (χ4v) is 2.63. The highest BCUT2D eigenvalue weighted by molar-refractivity contribution is 4.92. The summed E-state index contributed by atoms with van der Waals surface area (Å²) in [7, 11) is 0. The van der Waals surface area contributed by atoms with Crippen LogP contribution in [0.1, 0.15) is 57.9 Å². The van der Waals surface area contributed by atoms with Crippen molar-refractivity contribution in [3.63, 3.8) is 0 Å². The van der Waals surface area contributed by atoms with Crippen LogP contribution in [0.3, 0.4) is 0 Å². The van der Waals surface area contributed by atoms with E-state index in [1.165, 1.54) is 0 Å². The molecule has 2 heterocycles. The van der Waals surface area contributed by atoms with E-state index < -0.39 is 0 Å². The molecular weight excluding hydrogens is 242 g/mol. The van der Waals surface area contributed by atoms with Gasteiger partial charge in [-0.1, -0.05) is 6.92 Å². The molecule has 0 amide bonds. The fraction of sp³-hybridized carbons (Fsp3) is 0.923. The first-order chi connectivity index (χ1) is 9.24. The monoisotopic (exact) mass is 267 g/mol. The van der Waals surface area contributed by atoms with Crippen LogP contribution in [0.25, 0.3) is 0 Å². The topological polar surface area (TPSA) is 64.9 Å². The first-order valence-electron chi connectivity index (χ1n) is 7.33. The third kappa shape index (κ3) is 3.51. The van der Waals surface area contributed by atoms with E-state index in [4.69, 9.17) is 4.74 Å². The van der Waals surface area contributed by atoms with Gasteiger partial charge in [0, 0.05) is 13.2 Å². The number of ether oxygens (including phenoxy) is 1. The van der Waals surface area contributed by atoms with Gasteiger partial charge < -0.3 is 10.1 Å². The van der Waals surface area contributed by atoms with Crippen LogP contribution in [-0.2, 0) is 4.74 Å². The molecule has 0 aromatic carbocycles. The number of hydrogen-bond acceptors (Lipinski definition) is 5. The first kappa shape index (κ1) is 14.4. The molecule has 1 fully saturated rings. The van der Waals surface area contributed by atoms with E-state index in [0.717, 1.165) is 44.8 Å². The van der Waals surface area contributed by atoms with Crippen molar-refractivity contribution < 1.29 is 4.74 Å². The molecule has 1 aliphatic rings. The average Bonchev–Trinajstić information content (AvgIpc) is 2.94. The molecule has 0 radical (unpaired) electrons. The second-order valence-corrected chi connectivity index (χ2v) is 5.35. The average molecular weight is 267 g/mol. The van der Waals surface area contributed by atoms with Gasteiger partial charge in [0.2, 0.25) is 0 Å². The Kier molecular flexibility index (Phi) is 5.27. The number of hydrogen-bond donors (Lipinski definition) is 1. The highest BCUT2D eigenvalue weighted by Crippen LogP contribution is 2.28. The normalized spacial score (nSPS) is 20.4. The van der Waals surface area contributed by atoms with Crippen molar-refractivity contribution in [2.45, 2.75) is 52.1 Å². The van der Waals surface area contributed by atoms with Crippen molar-refractivity contribution in [3.8, 4) is 0 Å². The van der Waals surface area contributed by atoms with Crippen LogP contribution in [0.2, 0.25) is 0 Å². The van der Waals surface area contributed by atoms with Crippen molar-refractivity contribution in [3.05, 3.63) is 5.82 Å². The zero-order chi connectivity index (χ0) is 13.7. The Hall–Kier alpha value is -1.01. The van der Waals surface area contributed by atoms with Gasteiger partial charge in [-0.25, -0.2) is 4.68 Å². The Morgan fingerprint density at radius 2 is 2.11 bits per heavy atom. The van der Waals surface area contributed by atoms with E-state index in [9.17, 15) is 0 Å². The van der Waals surface area contributed by atoms with Crippen LogP contribution < -0.4 is 5.32 Å². The predicted octanol–water partition coefficient (Wildman–Crippen LogP) is 1.72. The van der Waals surface area contributed by atoms with E-state index in [0.29, 0.717) is 12.0 Å². The molecule has 0 aliphatic carbocycles. The zero-order valence-electron chi connectivity index (χ0n) is 12.2. The van der Waals surface area contributed by atoms with Gasteiger partial charge in [-0.05, 0) is 56.0 Å². The van der Waals surface area contributed by atoms with Crippen LogP contribution in [0.5, 0.6) is 0 Å². The largest absolute Gasteiger partial charge is 0.381 e. The Morgan fingerprint density at radius 3 is 2.79 bits per heavy atom. The molecule has 2 rings (SSSR count). The van der Waals surface area contributed by atoms with Gasteiger partial charge in [-0.2, -0.15) is 0 Å². The Labute approximate surface area is 114 Å². The Morgan fingerprint density at radius 1 is 1.37 bits per heavy atom. The van der Waals surface area contributed by atoms with E-state index in [1.54, 1.807) is 0 Å². The van der Waals surface area contributed by atoms with Crippen LogP contribution >= 0.6 is 0 Å².